The standard InChI is InChI=1S/C31H38FN3O6/c1-5-7-9-39-29-19-14-33-13-18(19)24(32)16-11-15-12-17-21(26(36)20(15)27(37)22(16)29)28(38)23-30(25(17)35(3)4)41-34-31(23)40-10-8-6-2/h15,17,21,25,33,37H,5-14H2,1-4H3/t15-,17?,21?,25-/m0/s1. The van der Waals surface area contributed by atoms with Crippen LogP contribution in [0.1, 0.15) is 90.4 Å². The molecule has 41 heavy (non-hydrogen) atoms. The molecule has 6 rings (SSSR count). The first kappa shape index (κ1) is 27.9. The van der Waals surface area contributed by atoms with Crippen LogP contribution in [0.5, 0.6) is 11.6 Å². The predicted octanol–water partition coefficient (Wildman–Crippen LogP) is 4.92. The number of allylic oxidation sites excluding steroid dienone is 1. The zero-order valence-electron chi connectivity index (χ0n) is 24.1. The van der Waals surface area contributed by atoms with Crippen molar-refractivity contribution >= 4 is 17.3 Å². The van der Waals surface area contributed by atoms with Crippen molar-refractivity contribution in [3.05, 3.63) is 45.0 Å². The molecule has 220 valence electrons. The topological polar surface area (TPSA) is 114 Å². The van der Waals surface area contributed by atoms with Gasteiger partial charge in [0.2, 0.25) is 0 Å². The lowest BCUT2D eigenvalue weighted by Crippen LogP contribution is -2.49. The number of unbranched alkanes of at least 4 members (excludes halogenated alkanes) is 2. The van der Waals surface area contributed by atoms with Gasteiger partial charge in [-0.25, -0.2) is 4.39 Å². The van der Waals surface area contributed by atoms with E-state index in [9.17, 15) is 14.7 Å². The fourth-order valence-electron chi connectivity index (χ4n) is 7.20. The van der Waals surface area contributed by atoms with Crippen molar-refractivity contribution in [3.8, 4) is 11.6 Å². The molecule has 1 saturated carbocycles. The summed E-state index contributed by atoms with van der Waals surface area (Å²) in [7, 11) is 3.75. The number of fused-ring (bicyclic) bond motifs is 5. The molecule has 0 radical (unpaired) electrons. The fraction of sp³-hybridized carbons (Fsp3) is 0.581. The van der Waals surface area contributed by atoms with Gasteiger partial charge in [-0.05, 0) is 56.8 Å². The number of aliphatic hydroxyl groups excluding tert-OH is 1. The van der Waals surface area contributed by atoms with E-state index in [0.717, 1.165) is 25.7 Å². The molecule has 1 aliphatic heterocycles. The molecule has 4 aliphatic rings. The molecule has 2 aromatic rings. The highest BCUT2D eigenvalue weighted by molar-refractivity contribution is 6.20. The second-order valence-corrected chi connectivity index (χ2v) is 11.9. The minimum atomic E-state index is -1.02. The van der Waals surface area contributed by atoms with Gasteiger partial charge in [-0.2, -0.15) is 0 Å². The highest BCUT2D eigenvalue weighted by Crippen LogP contribution is 2.55. The molecule has 1 aromatic carbocycles. The second-order valence-electron chi connectivity index (χ2n) is 11.9. The summed E-state index contributed by atoms with van der Waals surface area (Å²) in [5.41, 5.74) is 2.31. The third-order valence-electron chi connectivity index (χ3n) is 9.11. The summed E-state index contributed by atoms with van der Waals surface area (Å²) < 4.78 is 33.7. The number of nitrogens with one attached hydrogen (secondary N) is 1. The average molecular weight is 568 g/mol. The molecule has 1 aromatic heterocycles. The zero-order chi connectivity index (χ0) is 29.0. The maximum Gasteiger partial charge on any atom is 0.265 e. The quantitative estimate of drug-likeness (QED) is 0.322. The van der Waals surface area contributed by atoms with E-state index in [-0.39, 0.29) is 40.6 Å². The molecule has 0 amide bonds. The number of hydrogen-bond acceptors (Lipinski definition) is 9. The summed E-state index contributed by atoms with van der Waals surface area (Å²) in [4.78, 5) is 30.2. The third kappa shape index (κ3) is 4.29. The largest absolute Gasteiger partial charge is 0.507 e. The second kappa shape index (κ2) is 10.9. The van der Waals surface area contributed by atoms with Crippen molar-refractivity contribution in [2.24, 2.45) is 17.8 Å². The van der Waals surface area contributed by atoms with Gasteiger partial charge in [0.25, 0.3) is 5.88 Å². The Labute approximate surface area is 239 Å². The van der Waals surface area contributed by atoms with Gasteiger partial charge in [-0.15, -0.1) is 0 Å². The summed E-state index contributed by atoms with van der Waals surface area (Å²) in [6.45, 7) is 5.71. The molecule has 3 aliphatic carbocycles. The number of carbonyl (C=O) groups excluding carboxylic acids is 2. The predicted molar refractivity (Wildman–Crippen MR) is 148 cm³/mol. The minimum absolute atomic E-state index is 0.114. The number of nitrogens with zero attached hydrogens (tertiary/aromatic N) is 2. The Morgan fingerprint density at radius 1 is 1.02 bits per heavy atom. The first-order valence-corrected chi connectivity index (χ1v) is 14.8. The summed E-state index contributed by atoms with van der Waals surface area (Å²) in [5, 5.41) is 19.0. The Bertz CT molecular complexity index is 1430. The average Bonchev–Trinajstić information content (AvgIpc) is 3.59. The Hall–Kier alpha value is -3.24. The summed E-state index contributed by atoms with van der Waals surface area (Å²) in [6, 6.07) is -0.403. The van der Waals surface area contributed by atoms with Gasteiger partial charge in [-0.1, -0.05) is 26.7 Å². The summed E-state index contributed by atoms with van der Waals surface area (Å²) in [5.74, 6) is -2.35. The number of halogens is 1. The van der Waals surface area contributed by atoms with Crippen LogP contribution in [0.15, 0.2) is 10.1 Å². The van der Waals surface area contributed by atoms with Gasteiger partial charge < -0.3 is 24.4 Å². The van der Waals surface area contributed by atoms with Crippen LogP contribution in [-0.4, -0.2) is 54.0 Å². The molecular weight excluding hydrogens is 529 g/mol. The van der Waals surface area contributed by atoms with Gasteiger partial charge in [0.05, 0.1) is 30.7 Å². The van der Waals surface area contributed by atoms with Gasteiger partial charge in [0.1, 0.15) is 22.9 Å². The molecule has 10 heteroatoms. The van der Waals surface area contributed by atoms with Crippen LogP contribution < -0.4 is 14.8 Å². The number of Topliss-reactive ketones (excluding diaryl/α,β-unsaturated/α-hetero) is 2. The number of aromatic nitrogens is 1. The Morgan fingerprint density at radius 2 is 1.73 bits per heavy atom. The SMILES string of the molecule is CCCCOc1noc2c1C(=O)C1C(=O)C3=C(O)c4c(c(F)c5c(c4OCCCC)CNC5)C[C@H]3CC1[C@@H]2N(C)C. The number of carbonyl (C=O) groups is 2. The van der Waals surface area contributed by atoms with Crippen LogP contribution in [-0.2, 0) is 24.3 Å². The van der Waals surface area contributed by atoms with Crippen LogP contribution in [0, 0.1) is 23.6 Å². The summed E-state index contributed by atoms with van der Waals surface area (Å²) in [6.07, 6.45) is 4.09. The molecule has 9 nitrogen and oxygen atoms in total. The first-order valence-electron chi connectivity index (χ1n) is 14.8. The van der Waals surface area contributed by atoms with E-state index in [4.69, 9.17) is 14.0 Å². The van der Waals surface area contributed by atoms with Crippen LogP contribution in [0.25, 0.3) is 5.76 Å². The normalized spacial score (nSPS) is 24.6. The maximum atomic E-state index is 16.0. The van der Waals surface area contributed by atoms with Crippen molar-refractivity contribution in [3.63, 3.8) is 0 Å². The number of ketones is 2. The zero-order valence-corrected chi connectivity index (χ0v) is 24.1. The van der Waals surface area contributed by atoms with E-state index in [1.807, 2.05) is 25.9 Å². The Morgan fingerprint density at radius 3 is 2.44 bits per heavy atom. The molecule has 0 saturated heterocycles. The molecule has 2 unspecified atom stereocenters. The molecule has 4 atom stereocenters. The van der Waals surface area contributed by atoms with E-state index >= 15 is 4.39 Å². The van der Waals surface area contributed by atoms with E-state index in [1.54, 1.807) is 0 Å². The van der Waals surface area contributed by atoms with Crippen molar-refractivity contribution in [1.29, 1.82) is 0 Å². The summed E-state index contributed by atoms with van der Waals surface area (Å²) >= 11 is 0. The van der Waals surface area contributed by atoms with Crippen molar-refractivity contribution in [2.45, 2.75) is 71.5 Å². The van der Waals surface area contributed by atoms with E-state index < -0.39 is 35.4 Å². The van der Waals surface area contributed by atoms with Gasteiger partial charge in [0.15, 0.2) is 17.3 Å². The number of hydrogen-bond donors (Lipinski definition) is 2. The maximum absolute atomic E-state index is 16.0. The fourth-order valence-corrected chi connectivity index (χ4v) is 7.20. The van der Waals surface area contributed by atoms with Crippen LogP contribution in [0.2, 0.25) is 0 Å². The third-order valence-corrected chi connectivity index (χ3v) is 9.11. The van der Waals surface area contributed by atoms with E-state index in [0.29, 0.717) is 60.9 Å². The first-order chi connectivity index (χ1) is 19.8. The van der Waals surface area contributed by atoms with E-state index in [2.05, 4.69) is 17.4 Å². The van der Waals surface area contributed by atoms with E-state index in [1.165, 1.54) is 0 Å². The number of aliphatic hydroxyl groups is 1. The molecule has 1 fully saturated rings. The van der Waals surface area contributed by atoms with Gasteiger partial charge in [0, 0.05) is 35.4 Å². The van der Waals surface area contributed by atoms with Gasteiger partial charge in [-0.3, -0.25) is 14.5 Å². The number of ether oxygens (including phenoxy) is 2. The molecule has 2 heterocycles. The molecular formula is C31H38FN3O6. The highest BCUT2D eigenvalue weighted by Gasteiger charge is 2.57. The van der Waals surface area contributed by atoms with Crippen LogP contribution in [0.3, 0.4) is 0 Å². The monoisotopic (exact) mass is 567 g/mol. The number of benzene rings is 1. The Kier molecular flexibility index (Phi) is 7.40. The smallest absolute Gasteiger partial charge is 0.265 e. The van der Waals surface area contributed by atoms with Crippen LogP contribution >= 0.6 is 0 Å². The molecule has 0 spiro atoms. The minimum Gasteiger partial charge on any atom is -0.507 e. The highest BCUT2D eigenvalue weighted by atomic mass is 19.1. The lowest BCUT2D eigenvalue weighted by molar-refractivity contribution is -0.123. The van der Waals surface area contributed by atoms with Crippen molar-refractivity contribution < 1.29 is 33.1 Å². The van der Waals surface area contributed by atoms with Crippen LogP contribution in [0.4, 0.5) is 4.39 Å². The van der Waals surface area contributed by atoms with Crippen molar-refractivity contribution in [2.75, 3.05) is 27.3 Å². The molecule has 2 N–H and O–H groups in total. The molecule has 0 bridgehead atoms. The lowest BCUT2D eigenvalue weighted by atomic mass is 9.59. The lowest BCUT2D eigenvalue weighted by Gasteiger charge is -2.45. The van der Waals surface area contributed by atoms with Crippen molar-refractivity contribution in [1.82, 2.24) is 15.4 Å². The number of rotatable bonds is 9. The Balaban J connectivity index is 1.46. The van der Waals surface area contributed by atoms with Gasteiger partial charge >= 0.3 is 0 Å².